The van der Waals surface area contributed by atoms with Gasteiger partial charge in [-0.3, -0.25) is 14.5 Å². The number of halogens is 1. The summed E-state index contributed by atoms with van der Waals surface area (Å²) in [6.07, 6.45) is 0.465. The van der Waals surface area contributed by atoms with Gasteiger partial charge in [-0.1, -0.05) is 35.0 Å². The molecule has 0 spiro atoms. The molecule has 3 nitrogen and oxygen atoms in total. The number of nitrogens with zero attached hydrogens (tertiary/aromatic N) is 1. The first-order valence-electron chi connectivity index (χ1n) is 6.58. The van der Waals surface area contributed by atoms with Gasteiger partial charge in [-0.05, 0) is 41.0 Å². The van der Waals surface area contributed by atoms with E-state index in [9.17, 15) is 9.59 Å². The zero-order valence-corrected chi connectivity index (χ0v) is 12.7. The molecule has 0 radical (unpaired) electrons. The van der Waals surface area contributed by atoms with E-state index in [1.165, 1.54) is 4.90 Å². The van der Waals surface area contributed by atoms with Crippen LogP contribution in [0.15, 0.2) is 40.9 Å². The molecular weight excluding hydrogens is 318 g/mol. The molecule has 2 aromatic rings. The summed E-state index contributed by atoms with van der Waals surface area (Å²) >= 11 is 3.43. The van der Waals surface area contributed by atoms with Crippen LogP contribution in [0.5, 0.6) is 0 Å². The third-order valence-corrected chi connectivity index (χ3v) is 4.11. The van der Waals surface area contributed by atoms with Crippen molar-refractivity contribution in [2.75, 3.05) is 6.54 Å². The summed E-state index contributed by atoms with van der Waals surface area (Å²) in [6.45, 7) is 2.51. The van der Waals surface area contributed by atoms with Crippen LogP contribution in [0, 0.1) is 5.92 Å². The number of amides is 2. The number of rotatable bonds is 1. The molecule has 0 aliphatic carbocycles. The van der Waals surface area contributed by atoms with Gasteiger partial charge in [-0.15, -0.1) is 0 Å². The lowest BCUT2D eigenvalue weighted by Crippen LogP contribution is -2.32. The van der Waals surface area contributed by atoms with Gasteiger partial charge < -0.3 is 0 Å². The third-order valence-electron chi connectivity index (χ3n) is 3.61. The summed E-state index contributed by atoms with van der Waals surface area (Å²) in [4.78, 5) is 25.6. The maximum Gasteiger partial charge on any atom is 0.260 e. The molecule has 3 rings (SSSR count). The summed E-state index contributed by atoms with van der Waals surface area (Å²) < 4.78 is 1.01. The first-order chi connectivity index (χ1) is 9.54. The van der Waals surface area contributed by atoms with Crippen LogP contribution in [0.1, 0.15) is 23.7 Å². The van der Waals surface area contributed by atoms with Crippen molar-refractivity contribution in [2.24, 2.45) is 5.92 Å². The molecular formula is C16H14BrNO2. The summed E-state index contributed by atoms with van der Waals surface area (Å²) in [6, 6.07) is 11.5. The molecule has 1 heterocycles. The Kier molecular flexibility index (Phi) is 3.34. The quantitative estimate of drug-likeness (QED) is 0.748. The minimum Gasteiger partial charge on any atom is -0.278 e. The Morgan fingerprint density at radius 1 is 1.20 bits per heavy atom. The van der Waals surface area contributed by atoms with Gasteiger partial charge in [-0.25, -0.2) is 0 Å². The molecule has 0 saturated carbocycles. The van der Waals surface area contributed by atoms with E-state index in [-0.39, 0.29) is 17.7 Å². The maximum atomic E-state index is 12.4. The van der Waals surface area contributed by atoms with E-state index in [0.717, 1.165) is 15.2 Å². The Hall–Kier alpha value is -1.68. The standard InChI is InChI=1S/C16H14BrNO2/c1-10-6-15(19)18(9-10)16(20)13-3-2-12-8-14(17)5-4-11(12)7-13/h2-5,7-8,10H,6,9H2,1H3. The van der Waals surface area contributed by atoms with E-state index in [0.29, 0.717) is 18.5 Å². The lowest BCUT2D eigenvalue weighted by molar-refractivity contribution is -0.125. The molecule has 1 saturated heterocycles. The summed E-state index contributed by atoms with van der Waals surface area (Å²) in [5.41, 5.74) is 0.572. The fourth-order valence-electron chi connectivity index (χ4n) is 2.59. The second-order valence-electron chi connectivity index (χ2n) is 5.33. The van der Waals surface area contributed by atoms with Crippen molar-refractivity contribution in [1.82, 2.24) is 4.90 Å². The van der Waals surface area contributed by atoms with Crippen molar-refractivity contribution in [2.45, 2.75) is 13.3 Å². The molecule has 20 heavy (non-hydrogen) atoms. The van der Waals surface area contributed by atoms with Gasteiger partial charge in [0.15, 0.2) is 0 Å². The van der Waals surface area contributed by atoms with Crippen LogP contribution in [0.4, 0.5) is 0 Å². The average molecular weight is 332 g/mol. The van der Waals surface area contributed by atoms with Gasteiger partial charge in [0.1, 0.15) is 0 Å². The zero-order chi connectivity index (χ0) is 14.3. The molecule has 102 valence electrons. The van der Waals surface area contributed by atoms with E-state index in [1.54, 1.807) is 6.07 Å². The lowest BCUT2D eigenvalue weighted by Gasteiger charge is -2.14. The third kappa shape index (κ3) is 2.36. The van der Waals surface area contributed by atoms with Crippen LogP contribution in [-0.4, -0.2) is 23.3 Å². The van der Waals surface area contributed by atoms with Gasteiger partial charge in [0.2, 0.25) is 5.91 Å². The number of carbonyl (C=O) groups is 2. The number of benzene rings is 2. The Bertz CT molecular complexity index is 711. The molecule has 4 heteroatoms. The van der Waals surface area contributed by atoms with E-state index >= 15 is 0 Å². The molecule has 0 bridgehead atoms. The Morgan fingerprint density at radius 2 is 1.90 bits per heavy atom. The summed E-state index contributed by atoms with van der Waals surface area (Å²) in [5.74, 6) is -0.00886. The minimum atomic E-state index is -0.191. The van der Waals surface area contributed by atoms with E-state index in [1.807, 2.05) is 37.3 Å². The Labute approximate surface area is 125 Å². The van der Waals surface area contributed by atoms with Gasteiger partial charge in [-0.2, -0.15) is 0 Å². The minimum absolute atomic E-state index is 0.0709. The first-order valence-corrected chi connectivity index (χ1v) is 7.38. The normalized spacial score (nSPS) is 18.8. The van der Waals surface area contributed by atoms with Gasteiger partial charge in [0.05, 0.1) is 0 Å². The smallest absolute Gasteiger partial charge is 0.260 e. The lowest BCUT2D eigenvalue weighted by atomic mass is 10.1. The topological polar surface area (TPSA) is 37.4 Å². The molecule has 1 unspecified atom stereocenters. The summed E-state index contributed by atoms with van der Waals surface area (Å²) in [7, 11) is 0. The second kappa shape index (κ2) is 5.02. The predicted molar refractivity (Wildman–Crippen MR) is 81.5 cm³/mol. The van der Waals surface area contributed by atoms with Crippen molar-refractivity contribution in [3.8, 4) is 0 Å². The Morgan fingerprint density at radius 3 is 2.60 bits per heavy atom. The fraction of sp³-hybridized carbons (Fsp3) is 0.250. The van der Waals surface area contributed by atoms with Crippen LogP contribution in [-0.2, 0) is 4.79 Å². The van der Waals surface area contributed by atoms with Crippen molar-refractivity contribution in [1.29, 1.82) is 0 Å². The number of hydrogen-bond acceptors (Lipinski definition) is 2. The maximum absolute atomic E-state index is 12.4. The van der Waals surface area contributed by atoms with Gasteiger partial charge >= 0.3 is 0 Å². The molecule has 1 fully saturated rings. The van der Waals surface area contributed by atoms with Gasteiger partial charge in [0, 0.05) is 23.0 Å². The highest BCUT2D eigenvalue weighted by Crippen LogP contribution is 2.24. The van der Waals surface area contributed by atoms with E-state index < -0.39 is 0 Å². The van der Waals surface area contributed by atoms with E-state index in [4.69, 9.17) is 0 Å². The van der Waals surface area contributed by atoms with E-state index in [2.05, 4.69) is 15.9 Å². The van der Waals surface area contributed by atoms with Crippen LogP contribution in [0.25, 0.3) is 10.8 Å². The second-order valence-corrected chi connectivity index (χ2v) is 6.24. The average Bonchev–Trinajstić information content (AvgIpc) is 2.76. The monoisotopic (exact) mass is 331 g/mol. The van der Waals surface area contributed by atoms with Crippen molar-refractivity contribution < 1.29 is 9.59 Å². The molecule has 1 aliphatic heterocycles. The van der Waals surface area contributed by atoms with Gasteiger partial charge in [0.25, 0.3) is 5.91 Å². The van der Waals surface area contributed by atoms with Crippen LogP contribution in [0.3, 0.4) is 0 Å². The summed E-state index contributed by atoms with van der Waals surface area (Å²) in [5, 5.41) is 2.07. The number of imide groups is 1. The predicted octanol–water partition coefficient (Wildman–Crippen LogP) is 3.61. The number of fused-ring (bicyclic) bond motifs is 1. The highest BCUT2D eigenvalue weighted by atomic mass is 79.9. The number of hydrogen-bond donors (Lipinski definition) is 0. The molecule has 1 atom stereocenters. The van der Waals surface area contributed by atoms with Crippen molar-refractivity contribution >= 4 is 38.5 Å². The number of carbonyl (C=O) groups excluding carboxylic acids is 2. The van der Waals surface area contributed by atoms with Crippen molar-refractivity contribution in [3.63, 3.8) is 0 Å². The van der Waals surface area contributed by atoms with Crippen LogP contribution < -0.4 is 0 Å². The molecule has 1 aliphatic rings. The molecule has 2 aromatic carbocycles. The highest BCUT2D eigenvalue weighted by Gasteiger charge is 2.31. The highest BCUT2D eigenvalue weighted by molar-refractivity contribution is 9.10. The first kappa shape index (κ1) is 13.3. The number of likely N-dealkylation sites (tertiary alicyclic amines) is 1. The zero-order valence-electron chi connectivity index (χ0n) is 11.1. The molecule has 0 aromatic heterocycles. The fourth-order valence-corrected chi connectivity index (χ4v) is 2.97. The molecule has 2 amide bonds. The largest absolute Gasteiger partial charge is 0.278 e. The van der Waals surface area contributed by atoms with Crippen molar-refractivity contribution in [3.05, 3.63) is 46.4 Å². The van der Waals surface area contributed by atoms with Crippen LogP contribution in [0.2, 0.25) is 0 Å². The SMILES string of the molecule is CC1CC(=O)N(C(=O)c2ccc3cc(Br)ccc3c2)C1. The Balaban J connectivity index is 1.96. The van der Waals surface area contributed by atoms with Crippen LogP contribution >= 0.6 is 15.9 Å². The molecule has 0 N–H and O–H groups in total.